The van der Waals surface area contributed by atoms with E-state index < -0.39 is 11.9 Å². The molecule has 184 valence electrons. The van der Waals surface area contributed by atoms with Crippen molar-refractivity contribution in [2.24, 2.45) is 0 Å². The van der Waals surface area contributed by atoms with Crippen LogP contribution in [0.5, 0.6) is 11.5 Å². The molecule has 0 unspecified atom stereocenters. The Morgan fingerprint density at radius 1 is 1.00 bits per heavy atom. The number of benzene rings is 2. The number of nitrogens with zero attached hydrogens (tertiary/aromatic N) is 3. The highest BCUT2D eigenvalue weighted by Crippen LogP contribution is 2.33. The van der Waals surface area contributed by atoms with E-state index in [1.165, 1.54) is 44.0 Å². The lowest BCUT2D eigenvalue weighted by atomic mass is 10.0. The van der Waals surface area contributed by atoms with Crippen LogP contribution in [-0.4, -0.2) is 40.9 Å². The molecule has 1 N–H and O–H groups in total. The fraction of sp³-hybridized carbons (Fsp3) is 0.185. The van der Waals surface area contributed by atoms with Crippen molar-refractivity contribution in [1.82, 2.24) is 20.2 Å². The average molecular weight is 487 g/mol. The second-order valence-corrected chi connectivity index (χ2v) is 7.82. The zero-order chi connectivity index (χ0) is 25.3. The summed E-state index contributed by atoms with van der Waals surface area (Å²) in [4.78, 5) is 37.0. The second kappa shape index (κ2) is 11.7. The number of carbonyl (C=O) groups is 2. The van der Waals surface area contributed by atoms with E-state index in [2.05, 4.69) is 15.3 Å². The van der Waals surface area contributed by atoms with E-state index in [9.17, 15) is 9.59 Å². The van der Waals surface area contributed by atoms with Crippen LogP contribution in [0.2, 0.25) is 0 Å². The lowest BCUT2D eigenvalue weighted by molar-refractivity contribution is -0.126. The third-order valence-electron chi connectivity index (χ3n) is 5.54. The number of aromatic nitrogens is 2. The minimum atomic E-state index is -1.03. The maximum atomic E-state index is 13.7. The van der Waals surface area contributed by atoms with Gasteiger partial charge in [0.25, 0.3) is 5.91 Å². The number of amides is 2. The Hall–Kier alpha value is -4.66. The number of hydrogen-bond donors (Lipinski definition) is 1. The van der Waals surface area contributed by atoms with Crippen LogP contribution in [0.1, 0.15) is 33.4 Å². The normalized spacial score (nSPS) is 11.4. The Kier molecular flexibility index (Phi) is 7.92. The van der Waals surface area contributed by atoms with Crippen LogP contribution in [0.25, 0.3) is 0 Å². The van der Waals surface area contributed by atoms with Gasteiger partial charge in [-0.2, -0.15) is 0 Å². The standard InChI is InChI=1S/C27H26N4O5/c1-34-23-11-10-20(15-24(23)35-2)25(26(32)30-16-19-7-4-3-5-8-19)31(18-21-9-6-14-36-21)27(33)22-17-28-12-13-29-22/h3-15,17,25H,16,18H2,1-2H3,(H,30,32)/t25-/m0/s1. The molecule has 0 fully saturated rings. The molecule has 2 amide bonds. The molecule has 2 aromatic heterocycles. The highest BCUT2D eigenvalue weighted by molar-refractivity contribution is 5.96. The molecule has 36 heavy (non-hydrogen) atoms. The number of hydrogen-bond acceptors (Lipinski definition) is 7. The van der Waals surface area contributed by atoms with Crippen molar-refractivity contribution < 1.29 is 23.5 Å². The predicted molar refractivity (Wildman–Crippen MR) is 131 cm³/mol. The van der Waals surface area contributed by atoms with Crippen LogP contribution < -0.4 is 14.8 Å². The van der Waals surface area contributed by atoms with E-state index in [0.717, 1.165) is 5.56 Å². The van der Waals surface area contributed by atoms with Gasteiger partial charge in [-0.25, -0.2) is 4.98 Å². The molecule has 2 heterocycles. The molecule has 0 aliphatic heterocycles. The van der Waals surface area contributed by atoms with Crippen molar-refractivity contribution in [3.63, 3.8) is 0 Å². The van der Waals surface area contributed by atoms with Crippen LogP contribution in [0.15, 0.2) is 89.9 Å². The van der Waals surface area contributed by atoms with Gasteiger partial charge in [-0.1, -0.05) is 36.4 Å². The van der Waals surface area contributed by atoms with Crippen LogP contribution in [0.3, 0.4) is 0 Å². The molecule has 0 aliphatic rings. The summed E-state index contributed by atoms with van der Waals surface area (Å²) in [5.74, 6) is 0.584. The molecule has 9 nitrogen and oxygen atoms in total. The van der Waals surface area contributed by atoms with Gasteiger partial charge < -0.3 is 24.1 Å². The fourth-order valence-electron chi connectivity index (χ4n) is 3.78. The quantitative estimate of drug-likeness (QED) is 0.363. The minimum absolute atomic E-state index is 0.0280. The summed E-state index contributed by atoms with van der Waals surface area (Å²) in [5.41, 5.74) is 1.56. The molecule has 0 bridgehead atoms. The Morgan fingerprint density at radius 2 is 1.81 bits per heavy atom. The maximum absolute atomic E-state index is 13.7. The van der Waals surface area contributed by atoms with E-state index >= 15 is 0 Å². The van der Waals surface area contributed by atoms with E-state index in [0.29, 0.717) is 22.8 Å². The van der Waals surface area contributed by atoms with Crippen molar-refractivity contribution in [2.45, 2.75) is 19.1 Å². The van der Waals surface area contributed by atoms with Crippen molar-refractivity contribution >= 4 is 11.8 Å². The van der Waals surface area contributed by atoms with Gasteiger partial charge in [-0.3, -0.25) is 14.6 Å². The largest absolute Gasteiger partial charge is 0.493 e. The lowest BCUT2D eigenvalue weighted by Crippen LogP contribution is -2.43. The Morgan fingerprint density at radius 3 is 2.47 bits per heavy atom. The molecule has 1 atom stereocenters. The first-order chi connectivity index (χ1) is 17.6. The third kappa shape index (κ3) is 5.69. The first kappa shape index (κ1) is 24.5. The predicted octanol–water partition coefficient (Wildman–Crippen LogP) is 3.79. The van der Waals surface area contributed by atoms with Gasteiger partial charge in [0.15, 0.2) is 11.5 Å². The number of ether oxygens (including phenoxy) is 2. The Balaban J connectivity index is 1.76. The summed E-state index contributed by atoms with van der Waals surface area (Å²) >= 11 is 0. The maximum Gasteiger partial charge on any atom is 0.275 e. The van der Waals surface area contributed by atoms with Crippen molar-refractivity contribution in [3.8, 4) is 11.5 Å². The molecule has 0 radical (unpaired) electrons. The SMILES string of the molecule is COc1ccc([C@@H](C(=O)NCc2ccccc2)N(Cc2ccco2)C(=O)c2cnccn2)cc1OC. The monoisotopic (exact) mass is 486 g/mol. The number of rotatable bonds is 10. The van der Waals surface area contributed by atoms with Crippen LogP contribution >= 0.6 is 0 Å². The summed E-state index contributed by atoms with van der Waals surface area (Å²) in [6, 6.07) is 17.1. The van der Waals surface area contributed by atoms with Gasteiger partial charge in [0.1, 0.15) is 17.5 Å². The minimum Gasteiger partial charge on any atom is -0.493 e. The molecule has 4 rings (SSSR count). The van der Waals surface area contributed by atoms with E-state index in [1.807, 2.05) is 30.3 Å². The summed E-state index contributed by atoms with van der Waals surface area (Å²) < 4.78 is 16.3. The van der Waals surface area contributed by atoms with Gasteiger partial charge in [0, 0.05) is 18.9 Å². The summed E-state index contributed by atoms with van der Waals surface area (Å²) in [6.45, 7) is 0.317. The van der Waals surface area contributed by atoms with Gasteiger partial charge in [0.2, 0.25) is 5.91 Å². The van der Waals surface area contributed by atoms with Crippen molar-refractivity contribution in [3.05, 3.63) is 108 Å². The number of furan rings is 1. The summed E-state index contributed by atoms with van der Waals surface area (Å²) in [7, 11) is 3.04. The molecule has 9 heteroatoms. The van der Waals surface area contributed by atoms with E-state index in [1.54, 1.807) is 30.3 Å². The zero-order valence-corrected chi connectivity index (χ0v) is 20.0. The smallest absolute Gasteiger partial charge is 0.275 e. The highest BCUT2D eigenvalue weighted by atomic mass is 16.5. The van der Waals surface area contributed by atoms with Gasteiger partial charge in [-0.15, -0.1) is 0 Å². The van der Waals surface area contributed by atoms with Crippen LogP contribution in [0.4, 0.5) is 0 Å². The Bertz CT molecular complexity index is 1280. The van der Waals surface area contributed by atoms with Crippen molar-refractivity contribution in [1.29, 1.82) is 0 Å². The zero-order valence-electron chi connectivity index (χ0n) is 20.0. The molecular weight excluding hydrogens is 460 g/mol. The first-order valence-corrected chi connectivity index (χ1v) is 11.2. The van der Waals surface area contributed by atoms with Gasteiger partial charge in [-0.05, 0) is 35.4 Å². The Labute approximate surface area is 208 Å². The first-order valence-electron chi connectivity index (χ1n) is 11.2. The van der Waals surface area contributed by atoms with E-state index in [-0.39, 0.29) is 24.7 Å². The molecule has 0 aliphatic carbocycles. The summed E-state index contributed by atoms with van der Waals surface area (Å²) in [6.07, 6.45) is 5.79. The van der Waals surface area contributed by atoms with Gasteiger partial charge in [0.05, 0.1) is 33.2 Å². The number of nitrogens with one attached hydrogen (secondary N) is 1. The highest BCUT2D eigenvalue weighted by Gasteiger charge is 2.34. The van der Waals surface area contributed by atoms with Gasteiger partial charge >= 0.3 is 0 Å². The van der Waals surface area contributed by atoms with Crippen molar-refractivity contribution in [2.75, 3.05) is 14.2 Å². The third-order valence-corrected chi connectivity index (χ3v) is 5.54. The van der Waals surface area contributed by atoms with Crippen LogP contribution in [-0.2, 0) is 17.9 Å². The second-order valence-electron chi connectivity index (χ2n) is 7.82. The molecule has 0 spiro atoms. The molecule has 0 saturated carbocycles. The molecule has 2 aromatic carbocycles. The topological polar surface area (TPSA) is 107 Å². The van der Waals surface area contributed by atoms with E-state index in [4.69, 9.17) is 13.9 Å². The molecule has 4 aromatic rings. The lowest BCUT2D eigenvalue weighted by Gasteiger charge is -2.31. The fourth-order valence-corrected chi connectivity index (χ4v) is 3.78. The molecular formula is C27H26N4O5. The average Bonchev–Trinajstić information content (AvgIpc) is 3.45. The summed E-state index contributed by atoms with van der Waals surface area (Å²) in [5, 5.41) is 2.96. The molecule has 0 saturated heterocycles. The van der Waals surface area contributed by atoms with Crippen LogP contribution in [0, 0.1) is 0 Å². The number of methoxy groups -OCH3 is 2. The number of carbonyl (C=O) groups excluding carboxylic acids is 2.